The summed E-state index contributed by atoms with van der Waals surface area (Å²) in [7, 11) is 1.71. The van der Waals surface area contributed by atoms with Crippen molar-refractivity contribution >= 4 is 11.6 Å². The van der Waals surface area contributed by atoms with E-state index >= 15 is 0 Å². The number of nitrogens with one attached hydrogen (secondary N) is 1. The number of ether oxygens (including phenoxy) is 1. The van der Waals surface area contributed by atoms with Gasteiger partial charge in [0, 0.05) is 25.2 Å². The molecule has 2 aromatic carbocycles. The van der Waals surface area contributed by atoms with Crippen molar-refractivity contribution in [2.45, 2.75) is 26.6 Å². The number of methoxy groups -OCH3 is 1. The average Bonchev–Trinajstić information content (AvgIpc) is 2.44. The standard InChI is InChI=1S/C17H20ClNO/c1-13-6-7-15(9-17(13)18)11-19-10-14-4-3-5-16(8-14)12-20-2/h3-9,19H,10-12H2,1-2H3. The quantitative estimate of drug-likeness (QED) is 0.865. The average molecular weight is 290 g/mol. The first kappa shape index (κ1) is 15.0. The maximum Gasteiger partial charge on any atom is 0.0713 e. The molecule has 0 saturated heterocycles. The zero-order valence-electron chi connectivity index (χ0n) is 11.9. The molecule has 0 atom stereocenters. The molecule has 0 aliphatic carbocycles. The summed E-state index contributed by atoms with van der Waals surface area (Å²) < 4.78 is 5.15. The monoisotopic (exact) mass is 289 g/mol. The summed E-state index contributed by atoms with van der Waals surface area (Å²) >= 11 is 6.12. The molecule has 0 heterocycles. The maximum atomic E-state index is 6.12. The molecule has 0 spiro atoms. The highest BCUT2D eigenvalue weighted by Gasteiger charge is 1.99. The van der Waals surface area contributed by atoms with Crippen molar-refractivity contribution in [3.8, 4) is 0 Å². The van der Waals surface area contributed by atoms with Gasteiger partial charge < -0.3 is 10.1 Å². The van der Waals surface area contributed by atoms with Crippen LogP contribution in [0.3, 0.4) is 0 Å². The minimum absolute atomic E-state index is 0.654. The van der Waals surface area contributed by atoms with E-state index in [1.165, 1.54) is 16.7 Å². The lowest BCUT2D eigenvalue weighted by atomic mass is 10.1. The smallest absolute Gasteiger partial charge is 0.0713 e. The molecule has 0 radical (unpaired) electrons. The fourth-order valence-electron chi connectivity index (χ4n) is 2.09. The lowest BCUT2D eigenvalue weighted by Gasteiger charge is -2.08. The molecule has 0 aliphatic rings. The summed E-state index contributed by atoms with van der Waals surface area (Å²) in [6.07, 6.45) is 0. The van der Waals surface area contributed by atoms with Gasteiger partial charge in [0.2, 0.25) is 0 Å². The summed E-state index contributed by atoms with van der Waals surface area (Å²) in [5, 5.41) is 4.26. The van der Waals surface area contributed by atoms with E-state index in [2.05, 4.69) is 41.7 Å². The molecule has 0 amide bonds. The van der Waals surface area contributed by atoms with Crippen LogP contribution in [0.25, 0.3) is 0 Å². The van der Waals surface area contributed by atoms with Crippen molar-refractivity contribution in [1.82, 2.24) is 5.32 Å². The largest absolute Gasteiger partial charge is 0.380 e. The van der Waals surface area contributed by atoms with E-state index < -0.39 is 0 Å². The van der Waals surface area contributed by atoms with E-state index in [0.29, 0.717) is 6.61 Å². The Morgan fingerprint density at radius 1 is 1.00 bits per heavy atom. The summed E-state index contributed by atoms with van der Waals surface area (Å²) in [6.45, 7) is 4.32. The molecule has 2 rings (SSSR count). The van der Waals surface area contributed by atoms with Crippen LogP contribution >= 0.6 is 11.6 Å². The van der Waals surface area contributed by atoms with Gasteiger partial charge in [0.15, 0.2) is 0 Å². The van der Waals surface area contributed by atoms with Gasteiger partial charge in [-0.15, -0.1) is 0 Å². The predicted octanol–water partition coefficient (Wildman–Crippen LogP) is 4.08. The van der Waals surface area contributed by atoms with Crippen LogP contribution < -0.4 is 5.32 Å². The molecule has 1 N–H and O–H groups in total. The molecule has 0 aromatic heterocycles. The number of hydrogen-bond donors (Lipinski definition) is 1. The van der Waals surface area contributed by atoms with Crippen LogP contribution in [0, 0.1) is 6.92 Å². The Balaban J connectivity index is 1.89. The van der Waals surface area contributed by atoms with Gasteiger partial charge in [-0.25, -0.2) is 0 Å². The van der Waals surface area contributed by atoms with E-state index in [0.717, 1.165) is 23.7 Å². The molecule has 106 valence electrons. The van der Waals surface area contributed by atoms with Crippen molar-refractivity contribution in [3.05, 3.63) is 69.7 Å². The van der Waals surface area contributed by atoms with Gasteiger partial charge in [-0.2, -0.15) is 0 Å². The van der Waals surface area contributed by atoms with Crippen molar-refractivity contribution in [3.63, 3.8) is 0 Å². The van der Waals surface area contributed by atoms with Crippen LogP contribution in [-0.2, 0) is 24.4 Å². The number of hydrogen-bond acceptors (Lipinski definition) is 2. The third-order valence-electron chi connectivity index (χ3n) is 3.20. The lowest BCUT2D eigenvalue weighted by Crippen LogP contribution is -2.12. The van der Waals surface area contributed by atoms with Crippen LogP contribution in [0.2, 0.25) is 5.02 Å². The Hall–Kier alpha value is -1.35. The Kier molecular flexibility index (Phi) is 5.60. The molecule has 0 fully saturated rings. The molecule has 0 aliphatic heterocycles. The minimum Gasteiger partial charge on any atom is -0.380 e. The van der Waals surface area contributed by atoms with Gasteiger partial charge in [-0.3, -0.25) is 0 Å². The summed E-state index contributed by atoms with van der Waals surface area (Å²) in [5.74, 6) is 0. The Bertz CT molecular complexity index is 569. The second-order valence-corrected chi connectivity index (χ2v) is 5.35. The first-order valence-corrected chi connectivity index (χ1v) is 7.09. The molecule has 2 nitrogen and oxygen atoms in total. The van der Waals surface area contributed by atoms with Crippen LogP contribution in [0.5, 0.6) is 0 Å². The third kappa shape index (κ3) is 4.34. The highest BCUT2D eigenvalue weighted by molar-refractivity contribution is 6.31. The number of rotatable bonds is 6. The van der Waals surface area contributed by atoms with Crippen LogP contribution in [0.1, 0.15) is 22.3 Å². The predicted molar refractivity (Wildman–Crippen MR) is 83.9 cm³/mol. The zero-order chi connectivity index (χ0) is 14.4. The van der Waals surface area contributed by atoms with Crippen molar-refractivity contribution in [2.24, 2.45) is 0 Å². The van der Waals surface area contributed by atoms with Crippen molar-refractivity contribution in [2.75, 3.05) is 7.11 Å². The number of benzene rings is 2. The molecular weight excluding hydrogens is 270 g/mol. The van der Waals surface area contributed by atoms with Crippen molar-refractivity contribution in [1.29, 1.82) is 0 Å². The third-order valence-corrected chi connectivity index (χ3v) is 3.60. The number of halogens is 1. The molecule has 0 unspecified atom stereocenters. The van der Waals surface area contributed by atoms with Gasteiger partial charge in [-0.05, 0) is 35.2 Å². The molecule has 0 saturated carbocycles. The van der Waals surface area contributed by atoms with Crippen LogP contribution in [0.15, 0.2) is 42.5 Å². The zero-order valence-corrected chi connectivity index (χ0v) is 12.7. The lowest BCUT2D eigenvalue weighted by molar-refractivity contribution is 0.185. The topological polar surface area (TPSA) is 21.3 Å². The second-order valence-electron chi connectivity index (χ2n) is 4.94. The Morgan fingerprint density at radius 3 is 2.40 bits per heavy atom. The molecular formula is C17H20ClNO. The maximum absolute atomic E-state index is 6.12. The van der Waals surface area contributed by atoms with E-state index in [1.807, 2.05) is 13.0 Å². The Morgan fingerprint density at radius 2 is 1.70 bits per heavy atom. The van der Waals surface area contributed by atoms with E-state index in [4.69, 9.17) is 16.3 Å². The van der Waals surface area contributed by atoms with Crippen molar-refractivity contribution < 1.29 is 4.74 Å². The normalized spacial score (nSPS) is 10.8. The van der Waals surface area contributed by atoms with Crippen LogP contribution in [-0.4, -0.2) is 7.11 Å². The first-order chi connectivity index (χ1) is 9.69. The van der Waals surface area contributed by atoms with Crippen LogP contribution in [0.4, 0.5) is 0 Å². The van der Waals surface area contributed by atoms with Gasteiger partial charge >= 0.3 is 0 Å². The molecule has 0 bridgehead atoms. The molecule has 20 heavy (non-hydrogen) atoms. The van der Waals surface area contributed by atoms with Gasteiger partial charge in [0.05, 0.1) is 6.61 Å². The first-order valence-electron chi connectivity index (χ1n) is 6.71. The fourth-order valence-corrected chi connectivity index (χ4v) is 2.30. The van der Waals surface area contributed by atoms with Gasteiger partial charge in [0.25, 0.3) is 0 Å². The van der Waals surface area contributed by atoms with Gasteiger partial charge in [0.1, 0.15) is 0 Å². The Labute approximate surface area is 125 Å². The summed E-state index contributed by atoms with van der Waals surface area (Å²) in [4.78, 5) is 0. The second kappa shape index (κ2) is 7.44. The molecule has 2 aromatic rings. The summed E-state index contributed by atoms with van der Waals surface area (Å²) in [5.41, 5.74) is 4.78. The van der Waals surface area contributed by atoms with E-state index in [9.17, 15) is 0 Å². The number of aryl methyl sites for hydroxylation is 1. The SMILES string of the molecule is COCc1cccc(CNCc2ccc(C)c(Cl)c2)c1. The highest BCUT2D eigenvalue weighted by atomic mass is 35.5. The van der Waals surface area contributed by atoms with E-state index in [1.54, 1.807) is 7.11 Å². The minimum atomic E-state index is 0.654. The molecule has 3 heteroatoms. The summed E-state index contributed by atoms with van der Waals surface area (Å²) in [6, 6.07) is 14.6. The van der Waals surface area contributed by atoms with Gasteiger partial charge in [-0.1, -0.05) is 48.0 Å². The fraction of sp³-hybridized carbons (Fsp3) is 0.294. The van der Waals surface area contributed by atoms with E-state index in [-0.39, 0.29) is 0 Å². The highest BCUT2D eigenvalue weighted by Crippen LogP contribution is 2.16.